The molecule has 0 saturated carbocycles. The van der Waals surface area contributed by atoms with E-state index < -0.39 is 11.6 Å². The molecule has 1 aromatic rings. The van der Waals surface area contributed by atoms with E-state index in [-0.39, 0.29) is 17.8 Å². The molecule has 0 aliphatic carbocycles. The SMILES string of the molecule is CCCCN(CCC(=O)c1cc(F)cc(F)c1)C(C)CC. The lowest BCUT2D eigenvalue weighted by Gasteiger charge is -2.28. The Balaban J connectivity index is 2.63. The number of nitrogens with zero attached hydrogens (tertiary/aromatic N) is 1. The summed E-state index contributed by atoms with van der Waals surface area (Å²) in [4.78, 5) is 14.4. The van der Waals surface area contributed by atoms with Crippen LogP contribution >= 0.6 is 0 Å². The van der Waals surface area contributed by atoms with Crippen LogP contribution in [0.25, 0.3) is 0 Å². The summed E-state index contributed by atoms with van der Waals surface area (Å²) in [5.74, 6) is -1.62. The van der Waals surface area contributed by atoms with Crippen molar-refractivity contribution in [3.8, 4) is 0 Å². The number of carbonyl (C=O) groups excluding carboxylic acids is 1. The van der Waals surface area contributed by atoms with Crippen LogP contribution in [0, 0.1) is 11.6 Å². The molecule has 1 atom stereocenters. The van der Waals surface area contributed by atoms with Gasteiger partial charge in [0.1, 0.15) is 11.6 Å². The average molecular weight is 297 g/mol. The molecule has 0 amide bonds. The molecule has 1 aromatic carbocycles. The standard InChI is InChI=1S/C17H25F2NO/c1-4-6-8-20(13(3)5-2)9-7-17(21)14-10-15(18)12-16(19)11-14/h10-13H,4-9H2,1-3H3. The topological polar surface area (TPSA) is 20.3 Å². The van der Waals surface area contributed by atoms with E-state index >= 15 is 0 Å². The van der Waals surface area contributed by atoms with Crippen LogP contribution in [0.1, 0.15) is 56.8 Å². The molecule has 4 heteroatoms. The predicted molar refractivity (Wildman–Crippen MR) is 81.5 cm³/mol. The molecule has 0 fully saturated rings. The van der Waals surface area contributed by atoms with E-state index in [1.165, 1.54) is 0 Å². The summed E-state index contributed by atoms with van der Waals surface area (Å²) in [6.07, 6.45) is 3.51. The van der Waals surface area contributed by atoms with Gasteiger partial charge in [-0.15, -0.1) is 0 Å². The van der Waals surface area contributed by atoms with Crippen LogP contribution < -0.4 is 0 Å². The van der Waals surface area contributed by atoms with Gasteiger partial charge in [-0.25, -0.2) is 8.78 Å². The Morgan fingerprint density at radius 3 is 2.29 bits per heavy atom. The third kappa shape index (κ3) is 5.92. The number of carbonyl (C=O) groups is 1. The minimum Gasteiger partial charge on any atom is -0.300 e. The minimum atomic E-state index is -0.705. The molecular weight excluding hydrogens is 272 g/mol. The Labute approximate surface area is 126 Å². The van der Waals surface area contributed by atoms with Crippen LogP contribution in [0.15, 0.2) is 18.2 Å². The fourth-order valence-corrected chi connectivity index (χ4v) is 2.28. The van der Waals surface area contributed by atoms with Crippen LogP contribution in [0.4, 0.5) is 8.78 Å². The molecule has 1 rings (SSSR count). The number of hydrogen-bond donors (Lipinski definition) is 0. The number of halogens is 2. The van der Waals surface area contributed by atoms with E-state index in [1.807, 2.05) is 0 Å². The highest BCUT2D eigenvalue weighted by molar-refractivity contribution is 5.96. The first-order valence-corrected chi connectivity index (χ1v) is 7.71. The summed E-state index contributed by atoms with van der Waals surface area (Å²) in [5, 5.41) is 0. The summed E-state index contributed by atoms with van der Waals surface area (Å²) < 4.78 is 26.3. The highest BCUT2D eigenvalue weighted by Gasteiger charge is 2.15. The minimum absolute atomic E-state index is 0.118. The van der Waals surface area contributed by atoms with Gasteiger partial charge in [0.25, 0.3) is 0 Å². The van der Waals surface area contributed by atoms with Crippen LogP contribution in [0.2, 0.25) is 0 Å². The summed E-state index contributed by atoms with van der Waals surface area (Å²) in [6, 6.07) is 3.40. The summed E-state index contributed by atoms with van der Waals surface area (Å²) in [7, 11) is 0. The molecule has 0 aliphatic heterocycles. The Kier molecular flexibility index (Phi) is 7.51. The predicted octanol–water partition coefficient (Wildman–Crippen LogP) is 4.44. The second-order valence-electron chi connectivity index (χ2n) is 5.48. The molecule has 0 saturated heterocycles. The summed E-state index contributed by atoms with van der Waals surface area (Å²) in [5.41, 5.74) is 0.118. The van der Waals surface area contributed by atoms with E-state index in [9.17, 15) is 13.6 Å². The molecule has 0 aromatic heterocycles. The summed E-state index contributed by atoms with van der Waals surface area (Å²) in [6.45, 7) is 7.98. The number of Topliss-reactive ketones (excluding diaryl/α,β-unsaturated/α-hetero) is 1. The van der Waals surface area contributed by atoms with Gasteiger partial charge in [0.2, 0.25) is 0 Å². The zero-order valence-corrected chi connectivity index (χ0v) is 13.2. The lowest BCUT2D eigenvalue weighted by molar-refractivity contribution is 0.0950. The van der Waals surface area contributed by atoms with Gasteiger partial charge in [-0.05, 0) is 38.4 Å². The lowest BCUT2D eigenvalue weighted by atomic mass is 10.1. The fourth-order valence-electron chi connectivity index (χ4n) is 2.28. The zero-order chi connectivity index (χ0) is 15.8. The number of benzene rings is 1. The van der Waals surface area contributed by atoms with E-state index in [2.05, 4.69) is 25.7 Å². The van der Waals surface area contributed by atoms with Gasteiger partial charge >= 0.3 is 0 Å². The first-order valence-electron chi connectivity index (χ1n) is 7.71. The van der Waals surface area contributed by atoms with Crippen LogP contribution in [0.5, 0.6) is 0 Å². The van der Waals surface area contributed by atoms with Crippen LogP contribution in [0.3, 0.4) is 0 Å². The van der Waals surface area contributed by atoms with E-state index in [0.29, 0.717) is 12.6 Å². The third-order valence-electron chi connectivity index (χ3n) is 3.82. The van der Waals surface area contributed by atoms with E-state index in [4.69, 9.17) is 0 Å². The van der Waals surface area contributed by atoms with Crippen molar-refractivity contribution in [1.82, 2.24) is 4.90 Å². The van der Waals surface area contributed by atoms with Gasteiger partial charge in [0, 0.05) is 30.6 Å². The summed E-state index contributed by atoms with van der Waals surface area (Å²) >= 11 is 0. The maximum absolute atomic E-state index is 13.1. The number of unbranched alkanes of at least 4 members (excludes halogenated alkanes) is 1. The molecule has 21 heavy (non-hydrogen) atoms. The normalized spacial score (nSPS) is 12.7. The van der Waals surface area contributed by atoms with Gasteiger partial charge in [0.15, 0.2) is 5.78 Å². The fraction of sp³-hybridized carbons (Fsp3) is 0.588. The molecule has 0 radical (unpaired) electrons. The molecule has 1 unspecified atom stereocenters. The van der Waals surface area contributed by atoms with Crippen LogP contribution in [-0.2, 0) is 0 Å². The highest BCUT2D eigenvalue weighted by atomic mass is 19.1. The first-order chi connectivity index (χ1) is 9.97. The maximum Gasteiger partial charge on any atom is 0.164 e. The monoisotopic (exact) mass is 297 g/mol. The largest absolute Gasteiger partial charge is 0.300 e. The second kappa shape index (κ2) is 8.88. The Hall–Kier alpha value is -1.29. The lowest BCUT2D eigenvalue weighted by Crippen LogP contribution is -2.35. The zero-order valence-electron chi connectivity index (χ0n) is 13.2. The third-order valence-corrected chi connectivity index (χ3v) is 3.82. The highest BCUT2D eigenvalue weighted by Crippen LogP contribution is 2.12. The Morgan fingerprint density at radius 2 is 1.76 bits per heavy atom. The van der Waals surface area contributed by atoms with E-state index in [1.54, 1.807) is 0 Å². The van der Waals surface area contributed by atoms with Gasteiger partial charge < -0.3 is 4.90 Å². The smallest absolute Gasteiger partial charge is 0.164 e. The Bertz CT molecular complexity index is 442. The number of rotatable bonds is 9. The van der Waals surface area contributed by atoms with Gasteiger partial charge in [0.05, 0.1) is 0 Å². The number of hydrogen-bond acceptors (Lipinski definition) is 2. The van der Waals surface area contributed by atoms with E-state index in [0.717, 1.165) is 44.0 Å². The van der Waals surface area contributed by atoms with Gasteiger partial charge in [-0.1, -0.05) is 20.3 Å². The van der Waals surface area contributed by atoms with Crippen molar-refractivity contribution < 1.29 is 13.6 Å². The Morgan fingerprint density at radius 1 is 1.14 bits per heavy atom. The van der Waals surface area contributed by atoms with Gasteiger partial charge in [-0.2, -0.15) is 0 Å². The molecule has 0 spiro atoms. The van der Waals surface area contributed by atoms with Crippen molar-refractivity contribution in [2.75, 3.05) is 13.1 Å². The van der Waals surface area contributed by atoms with Crippen molar-refractivity contribution in [3.63, 3.8) is 0 Å². The molecule has 0 bridgehead atoms. The molecule has 0 heterocycles. The van der Waals surface area contributed by atoms with Crippen molar-refractivity contribution >= 4 is 5.78 Å². The van der Waals surface area contributed by atoms with Crippen molar-refractivity contribution in [1.29, 1.82) is 0 Å². The van der Waals surface area contributed by atoms with Crippen molar-refractivity contribution in [2.45, 2.75) is 52.5 Å². The second-order valence-corrected chi connectivity index (χ2v) is 5.48. The van der Waals surface area contributed by atoms with Crippen LogP contribution in [-0.4, -0.2) is 29.8 Å². The quantitative estimate of drug-likeness (QED) is 0.628. The first kappa shape index (κ1) is 17.8. The van der Waals surface area contributed by atoms with Crippen molar-refractivity contribution in [3.05, 3.63) is 35.4 Å². The maximum atomic E-state index is 13.1. The molecule has 118 valence electrons. The molecular formula is C17H25F2NO. The van der Waals surface area contributed by atoms with Gasteiger partial charge in [-0.3, -0.25) is 4.79 Å². The number of ketones is 1. The molecule has 0 aliphatic rings. The van der Waals surface area contributed by atoms with Crippen molar-refractivity contribution in [2.24, 2.45) is 0 Å². The molecule has 2 nitrogen and oxygen atoms in total. The average Bonchev–Trinajstić information content (AvgIpc) is 2.45. The molecule has 0 N–H and O–H groups in total.